The van der Waals surface area contributed by atoms with Crippen molar-refractivity contribution in [1.82, 2.24) is 10.4 Å². The number of carbonyl (C=O) groups is 2. The summed E-state index contributed by atoms with van der Waals surface area (Å²) in [6.07, 6.45) is 0. The van der Waals surface area contributed by atoms with E-state index in [4.69, 9.17) is 10.6 Å². The zero-order chi connectivity index (χ0) is 12.3. The van der Waals surface area contributed by atoms with Crippen molar-refractivity contribution >= 4 is 11.9 Å². The number of amides is 1. The lowest BCUT2D eigenvalue weighted by molar-refractivity contribution is 0.0519. The maximum atomic E-state index is 11.5. The Kier molecular flexibility index (Phi) is 3.68. The maximum Gasteiger partial charge on any atom is 0.355 e. The standard InChI is InChI=1S/C10H15N3O3/c1-4-16-10(15)8-5(2)7(6(3)12-8)9(14)13-11/h12H,4,11H2,1-3H3,(H,13,14). The van der Waals surface area contributed by atoms with Crippen LogP contribution < -0.4 is 11.3 Å². The summed E-state index contributed by atoms with van der Waals surface area (Å²) < 4.78 is 4.86. The molecule has 0 fully saturated rings. The molecular formula is C10H15N3O3. The first-order valence-corrected chi connectivity index (χ1v) is 4.90. The molecule has 0 aliphatic heterocycles. The van der Waals surface area contributed by atoms with E-state index in [0.29, 0.717) is 16.8 Å². The highest BCUT2D eigenvalue weighted by Crippen LogP contribution is 2.18. The van der Waals surface area contributed by atoms with Gasteiger partial charge >= 0.3 is 5.97 Å². The lowest BCUT2D eigenvalue weighted by atomic mass is 10.1. The van der Waals surface area contributed by atoms with Gasteiger partial charge in [0.2, 0.25) is 0 Å². The molecule has 88 valence electrons. The second-order valence-electron chi connectivity index (χ2n) is 3.32. The predicted octanol–water partition coefficient (Wildman–Crippen LogP) is 0.412. The molecule has 16 heavy (non-hydrogen) atoms. The van der Waals surface area contributed by atoms with E-state index in [-0.39, 0.29) is 12.3 Å². The number of aromatic amines is 1. The van der Waals surface area contributed by atoms with Crippen molar-refractivity contribution in [2.45, 2.75) is 20.8 Å². The van der Waals surface area contributed by atoms with Crippen molar-refractivity contribution < 1.29 is 14.3 Å². The van der Waals surface area contributed by atoms with Gasteiger partial charge in [0.15, 0.2) is 0 Å². The van der Waals surface area contributed by atoms with Crippen molar-refractivity contribution in [2.24, 2.45) is 5.84 Å². The van der Waals surface area contributed by atoms with Crippen LogP contribution in [0.5, 0.6) is 0 Å². The van der Waals surface area contributed by atoms with E-state index in [1.165, 1.54) is 0 Å². The van der Waals surface area contributed by atoms with E-state index in [2.05, 4.69) is 4.98 Å². The third-order valence-corrected chi connectivity index (χ3v) is 2.28. The Morgan fingerprint density at radius 1 is 1.44 bits per heavy atom. The number of hydrazine groups is 1. The number of H-pyrrole nitrogens is 1. The fourth-order valence-corrected chi connectivity index (χ4v) is 1.57. The van der Waals surface area contributed by atoms with Crippen molar-refractivity contribution in [3.8, 4) is 0 Å². The summed E-state index contributed by atoms with van der Waals surface area (Å²) in [5, 5.41) is 0. The van der Waals surface area contributed by atoms with Gasteiger partial charge in [0.1, 0.15) is 5.69 Å². The second-order valence-corrected chi connectivity index (χ2v) is 3.32. The molecule has 6 heteroatoms. The Balaban J connectivity index is 3.16. The first-order valence-electron chi connectivity index (χ1n) is 4.90. The molecule has 0 aliphatic carbocycles. The van der Waals surface area contributed by atoms with E-state index in [9.17, 15) is 9.59 Å². The van der Waals surface area contributed by atoms with E-state index in [1.54, 1.807) is 20.8 Å². The van der Waals surface area contributed by atoms with Gasteiger partial charge in [0.25, 0.3) is 5.91 Å². The Hall–Kier alpha value is -1.82. The average Bonchev–Trinajstić information content (AvgIpc) is 2.54. The Morgan fingerprint density at radius 3 is 2.56 bits per heavy atom. The topological polar surface area (TPSA) is 97.2 Å². The van der Waals surface area contributed by atoms with Crippen LogP contribution in [0, 0.1) is 13.8 Å². The number of hydrogen-bond acceptors (Lipinski definition) is 4. The predicted molar refractivity (Wildman–Crippen MR) is 57.9 cm³/mol. The number of aryl methyl sites for hydroxylation is 1. The van der Waals surface area contributed by atoms with Gasteiger partial charge in [-0.05, 0) is 26.3 Å². The first-order chi connectivity index (χ1) is 7.52. The van der Waals surface area contributed by atoms with Crippen LogP contribution in [-0.4, -0.2) is 23.5 Å². The monoisotopic (exact) mass is 225 g/mol. The Morgan fingerprint density at radius 2 is 2.06 bits per heavy atom. The van der Waals surface area contributed by atoms with Gasteiger partial charge < -0.3 is 9.72 Å². The van der Waals surface area contributed by atoms with E-state index in [0.717, 1.165) is 0 Å². The van der Waals surface area contributed by atoms with Gasteiger partial charge in [-0.25, -0.2) is 10.6 Å². The third-order valence-electron chi connectivity index (χ3n) is 2.28. The minimum absolute atomic E-state index is 0.286. The van der Waals surface area contributed by atoms with Crippen LogP contribution in [0.1, 0.15) is 39.0 Å². The van der Waals surface area contributed by atoms with Crippen LogP contribution in [-0.2, 0) is 4.74 Å². The number of nitrogens with two attached hydrogens (primary N) is 1. The summed E-state index contributed by atoms with van der Waals surface area (Å²) in [5.74, 6) is 4.15. The lowest BCUT2D eigenvalue weighted by Gasteiger charge is -2.01. The van der Waals surface area contributed by atoms with Crippen LogP contribution in [0.4, 0.5) is 0 Å². The summed E-state index contributed by atoms with van der Waals surface area (Å²) in [6, 6.07) is 0. The molecule has 0 saturated heterocycles. The highest BCUT2D eigenvalue weighted by molar-refractivity contribution is 6.00. The smallest absolute Gasteiger partial charge is 0.355 e. The highest BCUT2D eigenvalue weighted by Gasteiger charge is 2.21. The molecule has 0 saturated carbocycles. The minimum atomic E-state index is -0.473. The molecule has 4 N–H and O–H groups in total. The van der Waals surface area contributed by atoms with Crippen molar-refractivity contribution in [1.29, 1.82) is 0 Å². The van der Waals surface area contributed by atoms with Gasteiger partial charge in [0.05, 0.1) is 12.2 Å². The van der Waals surface area contributed by atoms with Gasteiger partial charge in [-0.2, -0.15) is 0 Å². The quantitative estimate of drug-likeness (QED) is 0.300. The molecule has 6 nitrogen and oxygen atoms in total. The normalized spacial score (nSPS) is 10.0. The van der Waals surface area contributed by atoms with E-state index in [1.807, 2.05) is 5.43 Å². The molecule has 0 aliphatic rings. The summed E-state index contributed by atoms with van der Waals surface area (Å²) in [4.78, 5) is 25.8. The number of hydrogen-bond donors (Lipinski definition) is 3. The molecular weight excluding hydrogens is 210 g/mol. The molecule has 1 heterocycles. The molecule has 0 unspecified atom stereocenters. The minimum Gasteiger partial charge on any atom is -0.461 e. The van der Waals surface area contributed by atoms with Crippen LogP contribution in [0.15, 0.2) is 0 Å². The fraction of sp³-hybridized carbons (Fsp3) is 0.400. The van der Waals surface area contributed by atoms with Gasteiger partial charge in [-0.3, -0.25) is 10.2 Å². The summed E-state index contributed by atoms with van der Waals surface area (Å²) in [6.45, 7) is 5.37. The SMILES string of the molecule is CCOC(=O)c1[nH]c(C)c(C(=O)NN)c1C. The number of ether oxygens (including phenoxy) is 1. The summed E-state index contributed by atoms with van der Waals surface area (Å²) in [5.41, 5.74) is 3.83. The zero-order valence-electron chi connectivity index (χ0n) is 9.51. The number of nitrogens with one attached hydrogen (secondary N) is 2. The average molecular weight is 225 g/mol. The van der Waals surface area contributed by atoms with Crippen LogP contribution in [0.3, 0.4) is 0 Å². The number of rotatable bonds is 3. The van der Waals surface area contributed by atoms with Crippen molar-refractivity contribution in [2.75, 3.05) is 6.61 Å². The summed E-state index contributed by atoms with van der Waals surface area (Å²) >= 11 is 0. The van der Waals surface area contributed by atoms with Crippen molar-refractivity contribution in [3.63, 3.8) is 0 Å². The number of nitrogen functional groups attached to an aromatic ring is 1. The Labute approximate surface area is 93.1 Å². The molecule has 0 bridgehead atoms. The Bertz CT molecular complexity index is 423. The molecule has 0 spiro atoms. The lowest BCUT2D eigenvalue weighted by Crippen LogP contribution is -2.30. The fourth-order valence-electron chi connectivity index (χ4n) is 1.57. The molecule has 1 rings (SSSR count). The van der Waals surface area contributed by atoms with Crippen molar-refractivity contribution in [3.05, 3.63) is 22.5 Å². The summed E-state index contributed by atoms with van der Waals surface area (Å²) in [7, 11) is 0. The van der Waals surface area contributed by atoms with Gasteiger partial charge in [0, 0.05) is 5.69 Å². The maximum absolute atomic E-state index is 11.5. The first kappa shape index (κ1) is 12.3. The molecule has 1 aromatic heterocycles. The molecule has 0 atom stereocenters. The highest BCUT2D eigenvalue weighted by atomic mass is 16.5. The van der Waals surface area contributed by atoms with Crippen LogP contribution in [0.25, 0.3) is 0 Å². The largest absolute Gasteiger partial charge is 0.461 e. The van der Waals surface area contributed by atoms with Crippen LogP contribution >= 0.6 is 0 Å². The van der Waals surface area contributed by atoms with Gasteiger partial charge in [-0.1, -0.05) is 0 Å². The zero-order valence-corrected chi connectivity index (χ0v) is 9.51. The van der Waals surface area contributed by atoms with E-state index < -0.39 is 11.9 Å². The van der Waals surface area contributed by atoms with Crippen LogP contribution in [0.2, 0.25) is 0 Å². The second kappa shape index (κ2) is 4.80. The third kappa shape index (κ3) is 2.06. The van der Waals surface area contributed by atoms with Gasteiger partial charge in [-0.15, -0.1) is 0 Å². The van der Waals surface area contributed by atoms with E-state index >= 15 is 0 Å². The molecule has 0 radical (unpaired) electrons. The number of aromatic nitrogens is 1. The number of esters is 1. The molecule has 1 aromatic rings. The molecule has 1 amide bonds. The number of carbonyl (C=O) groups excluding carboxylic acids is 2. The molecule has 0 aromatic carbocycles.